The number of nitrogens with two attached hydrogens (primary N) is 1. The summed E-state index contributed by atoms with van der Waals surface area (Å²) in [6.45, 7) is 2.33. The van der Waals surface area contributed by atoms with E-state index in [1.54, 1.807) is 18.3 Å². The highest BCUT2D eigenvalue weighted by Gasteiger charge is 2.10. The SMILES string of the molecule is CC(Cc1ccccc1)NC(=O)c1ccnc(CN)c1. The number of amides is 1. The first kappa shape index (κ1) is 14.2. The lowest BCUT2D eigenvalue weighted by Crippen LogP contribution is -2.34. The Morgan fingerprint density at radius 3 is 2.75 bits per heavy atom. The van der Waals surface area contributed by atoms with E-state index >= 15 is 0 Å². The third kappa shape index (κ3) is 3.90. The van der Waals surface area contributed by atoms with Crippen LogP contribution in [0.1, 0.15) is 28.5 Å². The van der Waals surface area contributed by atoms with Gasteiger partial charge in [-0.25, -0.2) is 0 Å². The third-order valence-corrected chi connectivity index (χ3v) is 3.05. The van der Waals surface area contributed by atoms with Crippen molar-refractivity contribution in [1.82, 2.24) is 10.3 Å². The molecule has 1 unspecified atom stereocenters. The predicted octanol–water partition coefficient (Wildman–Crippen LogP) is 1.90. The molecule has 0 saturated heterocycles. The van der Waals surface area contributed by atoms with Gasteiger partial charge in [0.15, 0.2) is 0 Å². The number of carbonyl (C=O) groups excluding carboxylic acids is 1. The largest absolute Gasteiger partial charge is 0.349 e. The van der Waals surface area contributed by atoms with Crippen molar-refractivity contribution in [3.63, 3.8) is 0 Å². The molecular weight excluding hydrogens is 250 g/mol. The van der Waals surface area contributed by atoms with Crippen LogP contribution in [0.2, 0.25) is 0 Å². The molecule has 0 aliphatic heterocycles. The van der Waals surface area contributed by atoms with Crippen molar-refractivity contribution in [1.29, 1.82) is 0 Å². The van der Waals surface area contributed by atoms with Crippen LogP contribution in [0.5, 0.6) is 0 Å². The number of carbonyl (C=O) groups is 1. The van der Waals surface area contributed by atoms with Gasteiger partial charge in [-0.1, -0.05) is 30.3 Å². The van der Waals surface area contributed by atoms with Gasteiger partial charge in [-0.2, -0.15) is 0 Å². The maximum Gasteiger partial charge on any atom is 0.251 e. The van der Waals surface area contributed by atoms with Gasteiger partial charge in [-0.3, -0.25) is 9.78 Å². The van der Waals surface area contributed by atoms with Gasteiger partial charge in [0.25, 0.3) is 5.91 Å². The minimum Gasteiger partial charge on any atom is -0.349 e. The van der Waals surface area contributed by atoms with E-state index < -0.39 is 0 Å². The minimum atomic E-state index is -0.0921. The van der Waals surface area contributed by atoms with Crippen molar-refractivity contribution in [3.05, 3.63) is 65.5 Å². The van der Waals surface area contributed by atoms with Gasteiger partial charge in [-0.15, -0.1) is 0 Å². The molecule has 0 aliphatic carbocycles. The van der Waals surface area contributed by atoms with Crippen LogP contribution in [0.25, 0.3) is 0 Å². The quantitative estimate of drug-likeness (QED) is 0.871. The normalized spacial score (nSPS) is 11.9. The van der Waals surface area contributed by atoms with E-state index in [1.165, 1.54) is 5.56 Å². The highest BCUT2D eigenvalue weighted by Crippen LogP contribution is 2.05. The molecule has 4 heteroatoms. The number of hydrogen-bond donors (Lipinski definition) is 2. The molecular formula is C16H19N3O. The molecule has 20 heavy (non-hydrogen) atoms. The van der Waals surface area contributed by atoms with Crippen LogP contribution in [0.4, 0.5) is 0 Å². The number of rotatable bonds is 5. The fourth-order valence-electron chi connectivity index (χ4n) is 2.06. The summed E-state index contributed by atoms with van der Waals surface area (Å²) in [4.78, 5) is 16.2. The van der Waals surface area contributed by atoms with Gasteiger partial charge in [0.1, 0.15) is 0 Å². The van der Waals surface area contributed by atoms with Crippen molar-refractivity contribution < 1.29 is 4.79 Å². The summed E-state index contributed by atoms with van der Waals surface area (Å²) in [6.07, 6.45) is 2.42. The lowest BCUT2D eigenvalue weighted by Gasteiger charge is -2.14. The Kier molecular flexibility index (Phi) is 4.85. The Bertz CT molecular complexity index is 569. The Labute approximate surface area is 119 Å². The van der Waals surface area contributed by atoms with Gasteiger partial charge in [0.2, 0.25) is 0 Å². The highest BCUT2D eigenvalue weighted by molar-refractivity contribution is 5.94. The molecule has 0 aliphatic rings. The van der Waals surface area contributed by atoms with E-state index in [1.807, 2.05) is 25.1 Å². The van der Waals surface area contributed by atoms with Crippen molar-refractivity contribution in [2.24, 2.45) is 5.73 Å². The zero-order valence-corrected chi connectivity index (χ0v) is 11.5. The fraction of sp³-hybridized carbons (Fsp3) is 0.250. The van der Waals surface area contributed by atoms with Gasteiger partial charge in [0.05, 0.1) is 5.69 Å². The van der Waals surface area contributed by atoms with Crippen molar-refractivity contribution in [2.75, 3.05) is 0 Å². The standard InChI is InChI=1S/C16H19N3O/c1-12(9-13-5-3-2-4-6-13)19-16(20)14-7-8-18-15(10-14)11-17/h2-8,10,12H,9,11,17H2,1H3,(H,19,20). The fourth-order valence-corrected chi connectivity index (χ4v) is 2.06. The van der Waals surface area contributed by atoms with Crippen molar-refractivity contribution >= 4 is 5.91 Å². The van der Waals surface area contributed by atoms with Crippen LogP contribution >= 0.6 is 0 Å². The zero-order chi connectivity index (χ0) is 14.4. The second-order valence-electron chi connectivity index (χ2n) is 4.80. The molecule has 0 saturated carbocycles. The minimum absolute atomic E-state index is 0.0689. The number of benzene rings is 1. The maximum atomic E-state index is 12.1. The van der Waals surface area contributed by atoms with Gasteiger partial charge in [-0.05, 0) is 31.0 Å². The Balaban J connectivity index is 1.96. The maximum absolute atomic E-state index is 12.1. The molecule has 0 bridgehead atoms. The Hall–Kier alpha value is -2.20. The first-order valence-corrected chi connectivity index (χ1v) is 6.69. The Morgan fingerprint density at radius 1 is 1.30 bits per heavy atom. The molecule has 1 aromatic heterocycles. The number of nitrogens with one attached hydrogen (secondary N) is 1. The van der Waals surface area contributed by atoms with E-state index in [9.17, 15) is 4.79 Å². The van der Waals surface area contributed by atoms with E-state index in [0.717, 1.165) is 6.42 Å². The van der Waals surface area contributed by atoms with Gasteiger partial charge < -0.3 is 11.1 Å². The van der Waals surface area contributed by atoms with Crippen molar-refractivity contribution in [3.8, 4) is 0 Å². The second-order valence-corrected chi connectivity index (χ2v) is 4.80. The van der Waals surface area contributed by atoms with Crippen LogP contribution in [0.15, 0.2) is 48.7 Å². The molecule has 2 rings (SSSR count). The Morgan fingerprint density at radius 2 is 2.05 bits per heavy atom. The lowest BCUT2D eigenvalue weighted by atomic mass is 10.1. The molecule has 0 spiro atoms. The summed E-state index contributed by atoms with van der Waals surface area (Å²) in [5.74, 6) is -0.0921. The molecule has 3 N–H and O–H groups in total. The molecule has 0 fully saturated rings. The molecule has 1 heterocycles. The van der Waals surface area contributed by atoms with Gasteiger partial charge >= 0.3 is 0 Å². The van der Waals surface area contributed by atoms with E-state index in [2.05, 4.69) is 22.4 Å². The van der Waals surface area contributed by atoms with E-state index in [0.29, 0.717) is 17.8 Å². The van der Waals surface area contributed by atoms with E-state index in [4.69, 9.17) is 5.73 Å². The smallest absolute Gasteiger partial charge is 0.251 e. The third-order valence-electron chi connectivity index (χ3n) is 3.05. The number of pyridine rings is 1. The van der Waals surface area contributed by atoms with Crippen LogP contribution in [0, 0.1) is 0 Å². The lowest BCUT2D eigenvalue weighted by molar-refractivity contribution is 0.0940. The van der Waals surface area contributed by atoms with Crippen LogP contribution in [0.3, 0.4) is 0 Å². The molecule has 1 amide bonds. The molecule has 104 valence electrons. The summed E-state index contributed by atoms with van der Waals surface area (Å²) in [5, 5.41) is 2.99. The van der Waals surface area contributed by atoms with Crippen LogP contribution < -0.4 is 11.1 Å². The molecule has 1 atom stereocenters. The summed E-state index contributed by atoms with van der Waals surface area (Å²) < 4.78 is 0. The number of aromatic nitrogens is 1. The predicted molar refractivity (Wildman–Crippen MR) is 79.2 cm³/mol. The van der Waals surface area contributed by atoms with E-state index in [-0.39, 0.29) is 11.9 Å². The van der Waals surface area contributed by atoms with Gasteiger partial charge in [0, 0.05) is 24.3 Å². The monoisotopic (exact) mass is 269 g/mol. The van der Waals surface area contributed by atoms with Crippen LogP contribution in [-0.2, 0) is 13.0 Å². The highest BCUT2D eigenvalue weighted by atomic mass is 16.1. The summed E-state index contributed by atoms with van der Waals surface area (Å²) in [5.41, 5.74) is 8.05. The van der Waals surface area contributed by atoms with Crippen molar-refractivity contribution in [2.45, 2.75) is 25.9 Å². The second kappa shape index (κ2) is 6.82. The zero-order valence-electron chi connectivity index (χ0n) is 11.5. The first-order chi connectivity index (χ1) is 9.69. The molecule has 0 radical (unpaired) electrons. The number of hydrogen-bond acceptors (Lipinski definition) is 3. The summed E-state index contributed by atoms with van der Waals surface area (Å²) in [7, 11) is 0. The number of nitrogens with zero attached hydrogens (tertiary/aromatic N) is 1. The average molecular weight is 269 g/mol. The molecule has 2 aromatic rings. The first-order valence-electron chi connectivity index (χ1n) is 6.69. The summed E-state index contributed by atoms with van der Waals surface area (Å²) in [6, 6.07) is 13.6. The molecule has 1 aromatic carbocycles. The average Bonchev–Trinajstić information content (AvgIpc) is 2.48. The summed E-state index contributed by atoms with van der Waals surface area (Å²) >= 11 is 0. The molecule has 4 nitrogen and oxygen atoms in total. The topological polar surface area (TPSA) is 68.0 Å². The van der Waals surface area contributed by atoms with Crippen LogP contribution in [-0.4, -0.2) is 16.9 Å².